The van der Waals surface area contributed by atoms with E-state index < -0.39 is 35.2 Å². The van der Waals surface area contributed by atoms with Crippen molar-refractivity contribution in [3.63, 3.8) is 0 Å². The zero-order valence-electron chi connectivity index (χ0n) is 16.0. The standard InChI is InChI=1S/C21H20F4N2O3/c22-14-4-6-18(24)17(10-14)20(16-5-3-15(23)11-19(16)25)26-30-9-8-27-7-1-2-13(12-27)21(28)29/h3-6,10-11,13H,1-2,7-9,12H2,(H,28,29)/b26-20+/t13-/m1/s1. The first-order chi connectivity index (χ1) is 14.3. The van der Waals surface area contributed by atoms with Crippen LogP contribution >= 0.6 is 0 Å². The van der Waals surface area contributed by atoms with Gasteiger partial charge in [-0.2, -0.15) is 0 Å². The molecule has 1 heterocycles. The van der Waals surface area contributed by atoms with E-state index in [1.165, 1.54) is 0 Å². The molecular formula is C21H20F4N2O3. The van der Waals surface area contributed by atoms with Crippen LogP contribution in [0, 0.1) is 29.2 Å². The van der Waals surface area contributed by atoms with Crippen LogP contribution in [0.4, 0.5) is 17.6 Å². The van der Waals surface area contributed by atoms with E-state index in [9.17, 15) is 22.4 Å². The minimum Gasteiger partial charge on any atom is -0.481 e. The number of piperidine rings is 1. The van der Waals surface area contributed by atoms with Gasteiger partial charge in [0.25, 0.3) is 0 Å². The topological polar surface area (TPSA) is 62.1 Å². The van der Waals surface area contributed by atoms with Crippen molar-refractivity contribution >= 4 is 11.7 Å². The molecule has 0 aromatic heterocycles. The second-order valence-corrected chi connectivity index (χ2v) is 7.00. The van der Waals surface area contributed by atoms with Crippen LogP contribution in [0.1, 0.15) is 24.0 Å². The summed E-state index contributed by atoms with van der Waals surface area (Å²) in [6.45, 7) is 1.46. The summed E-state index contributed by atoms with van der Waals surface area (Å²) in [7, 11) is 0. The van der Waals surface area contributed by atoms with E-state index in [0.717, 1.165) is 36.8 Å². The lowest BCUT2D eigenvalue weighted by Gasteiger charge is -2.29. The van der Waals surface area contributed by atoms with E-state index in [4.69, 9.17) is 9.94 Å². The van der Waals surface area contributed by atoms with Crippen LogP contribution in [0.15, 0.2) is 41.6 Å². The van der Waals surface area contributed by atoms with Gasteiger partial charge in [-0.3, -0.25) is 9.69 Å². The molecular weight excluding hydrogens is 404 g/mol. The molecule has 1 N–H and O–H groups in total. The molecule has 3 rings (SSSR count). The third-order valence-corrected chi connectivity index (χ3v) is 4.88. The smallest absolute Gasteiger partial charge is 0.307 e. The van der Waals surface area contributed by atoms with Crippen LogP contribution in [-0.4, -0.2) is 47.9 Å². The van der Waals surface area contributed by atoms with Gasteiger partial charge in [0.2, 0.25) is 0 Å². The predicted molar refractivity (Wildman–Crippen MR) is 101 cm³/mol. The van der Waals surface area contributed by atoms with E-state index in [-0.39, 0.29) is 23.4 Å². The van der Waals surface area contributed by atoms with Gasteiger partial charge in [-0.05, 0) is 49.7 Å². The molecule has 30 heavy (non-hydrogen) atoms. The summed E-state index contributed by atoms with van der Waals surface area (Å²) in [5, 5.41) is 12.9. The summed E-state index contributed by atoms with van der Waals surface area (Å²) in [6, 6.07) is 5.30. The molecule has 9 heteroatoms. The Morgan fingerprint density at radius 3 is 2.53 bits per heavy atom. The van der Waals surface area contributed by atoms with Crippen LogP contribution < -0.4 is 0 Å². The van der Waals surface area contributed by atoms with Gasteiger partial charge in [-0.1, -0.05) is 5.16 Å². The molecule has 1 atom stereocenters. The molecule has 0 bridgehead atoms. The number of nitrogens with zero attached hydrogens (tertiary/aromatic N) is 2. The number of hydrogen-bond acceptors (Lipinski definition) is 4. The highest BCUT2D eigenvalue weighted by atomic mass is 19.1. The molecule has 1 fully saturated rings. The van der Waals surface area contributed by atoms with Gasteiger partial charge in [-0.25, -0.2) is 17.6 Å². The maximum absolute atomic E-state index is 14.3. The van der Waals surface area contributed by atoms with Crippen LogP contribution in [0.3, 0.4) is 0 Å². The van der Waals surface area contributed by atoms with Gasteiger partial charge < -0.3 is 9.94 Å². The Morgan fingerprint density at radius 2 is 1.80 bits per heavy atom. The van der Waals surface area contributed by atoms with Gasteiger partial charge >= 0.3 is 5.97 Å². The van der Waals surface area contributed by atoms with E-state index in [2.05, 4.69) is 5.16 Å². The molecule has 0 saturated carbocycles. The minimum atomic E-state index is -0.999. The molecule has 1 aliphatic heterocycles. The number of aliphatic carboxylic acids is 1. The number of likely N-dealkylation sites (tertiary alicyclic amines) is 1. The lowest BCUT2D eigenvalue weighted by Crippen LogP contribution is -2.40. The van der Waals surface area contributed by atoms with Crippen molar-refractivity contribution in [3.05, 3.63) is 70.8 Å². The Balaban J connectivity index is 1.78. The molecule has 2 aromatic carbocycles. The van der Waals surface area contributed by atoms with Gasteiger partial charge in [0, 0.05) is 30.3 Å². The highest BCUT2D eigenvalue weighted by Crippen LogP contribution is 2.20. The maximum Gasteiger partial charge on any atom is 0.307 e. The number of carboxylic acid groups (broad SMARTS) is 1. The van der Waals surface area contributed by atoms with E-state index in [1.807, 2.05) is 4.90 Å². The third kappa shape index (κ3) is 5.35. The zero-order valence-corrected chi connectivity index (χ0v) is 16.0. The maximum atomic E-state index is 14.3. The van der Waals surface area contributed by atoms with Crippen molar-refractivity contribution in [1.82, 2.24) is 4.90 Å². The molecule has 2 aromatic rings. The van der Waals surface area contributed by atoms with Crippen LogP contribution in [-0.2, 0) is 9.63 Å². The predicted octanol–water partition coefficient (Wildman–Crippen LogP) is 3.81. The quantitative estimate of drug-likeness (QED) is 0.318. The average molecular weight is 424 g/mol. The number of oxime groups is 1. The first kappa shape index (κ1) is 21.8. The first-order valence-electron chi connectivity index (χ1n) is 9.41. The van der Waals surface area contributed by atoms with Gasteiger partial charge in [-0.15, -0.1) is 0 Å². The normalized spacial score (nSPS) is 17.7. The Kier molecular flexibility index (Phi) is 7.04. The fourth-order valence-corrected chi connectivity index (χ4v) is 3.34. The molecule has 160 valence electrons. The Morgan fingerprint density at radius 1 is 1.07 bits per heavy atom. The van der Waals surface area contributed by atoms with Crippen molar-refractivity contribution in [2.75, 3.05) is 26.2 Å². The number of hydrogen-bond donors (Lipinski definition) is 1. The van der Waals surface area contributed by atoms with Crippen molar-refractivity contribution in [3.8, 4) is 0 Å². The van der Waals surface area contributed by atoms with Crippen molar-refractivity contribution < 1.29 is 32.3 Å². The molecule has 5 nitrogen and oxygen atoms in total. The second kappa shape index (κ2) is 9.71. The number of carboxylic acids is 1. The number of rotatable bonds is 7. The molecule has 1 aliphatic rings. The largest absolute Gasteiger partial charge is 0.481 e. The average Bonchev–Trinajstić information content (AvgIpc) is 2.71. The first-order valence-corrected chi connectivity index (χ1v) is 9.41. The number of carbonyl (C=O) groups is 1. The fourth-order valence-electron chi connectivity index (χ4n) is 3.34. The summed E-state index contributed by atoms with van der Waals surface area (Å²) in [5.41, 5.74) is -0.888. The summed E-state index contributed by atoms with van der Waals surface area (Å²) in [5.74, 6) is -4.73. The van der Waals surface area contributed by atoms with Crippen LogP contribution in [0.5, 0.6) is 0 Å². The fraction of sp³-hybridized carbons (Fsp3) is 0.333. The Hall–Kier alpha value is -2.94. The van der Waals surface area contributed by atoms with E-state index in [0.29, 0.717) is 32.1 Å². The zero-order chi connectivity index (χ0) is 21.7. The lowest BCUT2D eigenvalue weighted by atomic mass is 9.98. The van der Waals surface area contributed by atoms with E-state index in [1.54, 1.807) is 0 Å². The van der Waals surface area contributed by atoms with E-state index >= 15 is 0 Å². The second-order valence-electron chi connectivity index (χ2n) is 7.00. The van der Waals surface area contributed by atoms with Gasteiger partial charge in [0.1, 0.15) is 35.6 Å². The summed E-state index contributed by atoms with van der Waals surface area (Å²) < 4.78 is 55.5. The van der Waals surface area contributed by atoms with Crippen LogP contribution in [0.2, 0.25) is 0 Å². The number of halogens is 4. The highest BCUT2D eigenvalue weighted by Gasteiger charge is 2.25. The Bertz CT molecular complexity index is 952. The molecule has 0 amide bonds. The molecule has 0 radical (unpaired) electrons. The SMILES string of the molecule is O=C(O)[C@@H]1CCCN(CCO/N=C(\c2ccc(F)cc2F)c2cc(F)ccc2F)C1. The molecule has 0 spiro atoms. The number of benzene rings is 2. The summed E-state index contributed by atoms with van der Waals surface area (Å²) in [6.07, 6.45) is 1.35. The Labute approximate surface area is 170 Å². The van der Waals surface area contributed by atoms with Gasteiger partial charge in [0.05, 0.1) is 5.92 Å². The van der Waals surface area contributed by atoms with Crippen molar-refractivity contribution in [2.24, 2.45) is 11.1 Å². The highest BCUT2D eigenvalue weighted by molar-refractivity contribution is 6.12. The third-order valence-electron chi connectivity index (χ3n) is 4.88. The molecule has 0 aliphatic carbocycles. The monoisotopic (exact) mass is 424 g/mol. The molecule has 1 saturated heterocycles. The van der Waals surface area contributed by atoms with Crippen molar-refractivity contribution in [1.29, 1.82) is 0 Å². The minimum absolute atomic E-state index is 0.0234. The van der Waals surface area contributed by atoms with Gasteiger partial charge in [0.15, 0.2) is 0 Å². The van der Waals surface area contributed by atoms with Crippen LogP contribution in [0.25, 0.3) is 0 Å². The van der Waals surface area contributed by atoms with Crippen molar-refractivity contribution in [2.45, 2.75) is 12.8 Å². The summed E-state index contributed by atoms with van der Waals surface area (Å²) >= 11 is 0. The lowest BCUT2D eigenvalue weighted by molar-refractivity contribution is -0.143. The molecule has 0 unspecified atom stereocenters. The summed E-state index contributed by atoms with van der Waals surface area (Å²) in [4.78, 5) is 18.3.